The number of guanidine groups is 1. The zero-order valence-corrected chi connectivity index (χ0v) is 15.5. The van der Waals surface area contributed by atoms with Gasteiger partial charge in [0.25, 0.3) is 0 Å². The molecule has 0 spiro atoms. The lowest BCUT2D eigenvalue weighted by atomic mass is 9.90. The molecule has 2 rings (SSSR count). The molecule has 4 heteroatoms. The van der Waals surface area contributed by atoms with Crippen molar-refractivity contribution >= 4 is 29.9 Å². The van der Waals surface area contributed by atoms with Gasteiger partial charge in [0.1, 0.15) is 0 Å². The average Bonchev–Trinajstić information content (AvgIpc) is 2.49. The van der Waals surface area contributed by atoms with Crippen LogP contribution in [0.3, 0.4) is 0 Å². The highest BCUT2D eigenvalue weighted by Gasteiger charge is 2.21. The number of benzene rings is 1. The molecule has 0 radical (unpaired) electrons. The Balaban J connectivity index is 0.00000220. The molecule has 3 nitrogen and oxygen atoms in total. The van der Waals surface area contributed by atoms with E-state index in [0.29, 0.717) is 0 Å². The van der Waals surface area contributed by atoms with Gasteiger partial charge in [-0.1, -0.05) is 30.3 Å². The maximum atomic E-state index is 4.58. The summed E-state index contributed by atoms with van der Waals surface area (Å²) < 4.78 is 0. The first-order valence-electron chi connectivity index (χ1n) is 7.90. The van der Waals surface area contributed by atoms with Crippen molar-refractivity contribution in [1.29, 1.82) is 0 Å². The van der Waals surface area contributed by atoms with E-state index in [9.17, 15) is 0 Å². The SMILES string of the molecule is CCN=C(NCC)N1CCC(Cc2ccccc2)CC1.I. The van der Waals surface area contributed by atoms with Crippen LogP contribution in [0.5, 0.6) is 0 Å². The van der Waals surface area contributed by atoms with Crippen LogP contribution in [-0.4, -0.2) is 37.0 Å². The molecule has 0 atom stereocenters. The molecule has 118 valence electrons. The largest absolute Gasteiger partial charge is 0.357 e. The molecule has 1 saturated heterocycles. The van der Waals surface area contributed by atoms with Gasteiger partial charge in [0.15, 0.2) is 5.96 Å². The summed E-state index contributed by atoms with van der Waals surface area (Å²) in [5, 5.41) is 3.39. The molecular weight excluding hydrogens is 373 g/mol. The van der Waals surface area contributed by atoms with Crippen molar-refractivity contribution in [2.75, 3.05) is 26.2 Å². The molecule has 0 saturated carbocycles. The minimum Gasteiger partial charge on any atom is -0.357 e. The summed E-state index contributed by atoms with van der Waals surface area (Å²) in [5.74, 6) is 1.91. The van der Waals surface area contributed by atoms with Gasteiger partial charge in [-0.2, -0.15) is 0 Å². The predicted molar refractivity (Wildman–Crippen MR) is 102 cm³/mol. The number of aliphatic imine (C=N–C) groups is 1. The molecule has 1 fully saturated rings. The Morgan fingerprint density at radius 3 is 2.43 bits per heavy atom. The van der Waals surface area contributed by atoms with Crippen molar-refractivity contribution in [3.05, 3.63) is 35.9 Å². The summed E-state index contributed by atoms with van der Waals surface area (Å²) in [6.07, 6.45) is 3.75. The molecule has 1 aromatic carbocycles. The maximum Gasteiger partial charge on any atom is 0.193 e. The second kappa shape index (κ2) is 10.0. The lowest BCUT2D eigenvalue weighted by Crippen LogP contribution is -2.45. The minimum absolute atomic E-state index is 0. The highest BCUT2D eigenvalue weighted by molar-refractivity contribution is 14.0. The molecule has 1 heterocycles. The van der Waals surface area contributed by atoms with Crippen molar-refractivity contribution in [2.45, 2.75) is 33.1 Å². The van der Waals surface area contributed by atoms with E-state index in [1.807, 2.05) is 0 Å². The first-order chi connectivity index (χ1) is 9.83. The van der Waals surface area contributed by atoms with Crippen molar-refractivity contribution in [3.8, 4) is 0 Å². The topological polar surface area (TPSA) is 27.6 Å². The van der Waals surface area contributed by atoms with E-state index < -0.39 is 0 Å². The van der Waals surface area contributed by atoms with Crippen LogP contribution in [-0.2, 0) is 6.42 Å². The molecule has 0 bridgehead atoms. The van der Waals surface area contributed by atoms with Gasteiger partial charge < -0.3 is 10.2 Å². The number of halogens is 1. The molecule has 21 heavy (non-hydrogen) atoms. The maximum absolute atomic E-state index is 4.58. The monoisotopic (exact) mass is 401 g/mol. The lowest BCUT2D eigenvalue weighted by Gasteiger charge is -2.34. The summed E-state index contributed by atoms with van der Waals surface area (Å²) >= 11 is 0. The molecule has 0 aromatic heterocycles. The van der Waals surface area contributed by atoms with Crippen LogP contribution >= 0.6 is 24.0 Å². The second-order valence-electron chi connectivity index (χ2n) is 5.45. The van der Waals surface area contributed by atoms with E-state index in [2.05, 4.69) is 59.4 Å². The summed E-state index contributed by atoms with van der Waals surface area (Å²) in [7, 11) is 0. The van der Waals surface area contributed by atoms with Gasteiger partial charge in [-0.05, 0) is 44.6 Å². The molecule has 0 unspecified atom stereocenters. The van der Waals surface area contributed by atoms with Gasteiger partial charge in [0.2, 0.25) is 0 Å². The lowest BCUT2D eigenvalue weighted by molar-refractivity contribution is 0.259. The number of hydrogen-bond donors (Lipinski definition) is 1. The minimum atomic E-state index is 0. The van der Waals surface area contributed by atoms with E-state index in [1.165, 1.54) is 24.8 Å². The fourth-order valence-electron chi connectivity index (χ4n) is 2.87. The van der Waals surface area contributed by atoms with Crippen LogP contribution in [0, 0.1) is 5.92 Å². The fourth-order valence-corrected chi connectivity index (χ4v) is 2.87. The van der Waals surface area contributed by atoms with Crippen LogP contribution in [0.25, 0.3) is 0 Å². The highest BCUT2D eigenvalue weighted by Crippen LogP contribution is 2.21. The smallest absolute Gasteiger partial charge is 0.193 e. The Morgan fingerprint density at radius 1 is 1.19 bits per heavy atom. The van der Waals surface area contributed by atoms with Crippen LogP contribution < -0.4 is 5.32 Å². The quantitative estimate of drug-likeness (QED) is 0.475. The van der Waals surface area contributed by atoms with Gasteiger partial charge in [-0.25, -0.2) is 0 Å². The van der Waals surface area contributed by atoms with Gasteiger partial charge in [0.05, 0.1) is 0 Å². The summed E-state index contributed by atoms with van der Waals surface area (Å²) in [5.41, 5.74) is 1.47. The molecule has 0 aliphatic carbocycles. The fraction of sp³-hybridized carbons (Fsp3) is 0.588. The number of piperidine rings is 1. The second-order valence-corrected chi connectivity index (χ2v) is 5.45. The molecule has 1 aromatic rings. The molecule has 1 aliphatic heterocycles. The summed E-state index contributed by atoms with van der Waals surface area (Å²) in [4.78, 5) is 6.99. The summed E-state index contributed by atoms with van der Waals surface area (Å²) in [6, 6.07) is 10.9. The van der Waals surface area contributed by atoms with Crippen molar-refractivity contribution < 1.29 is 0 Å². The van der Waals surface area contributed by atoms with E-state index >= 15 is 0 Å². The number of nitrogens with one attached hydrogen (secondary N) is 1. The zero-order chi connectivity index (χ0) is 14.2. The van der Waals surface area contributed by atoms with Gasteiger partial charge >= 0.3 is 0 Å². The van der Waals surface area contributed by atoms with Crippen LogP contribution in [0.4, 0.5) is 0 Å². The molecular formula is C17H28IN3. The normalized spacial score (nSPS) is 16.5. The Hall–Kier alpha value is -0.780. The number of rotatable bonds is 4. The molecule has 0 amide bonds. The van der Waals surface area contributed by atoms with Crippen molar-refractivity contribution in [1.82, 2.24) is 10.2 Å². The predicted octanol–water partition coefficient (Wildman–Crippen LogP) is 3.54. The summed E-state index contributed by atoms with van der Waals surface area (Å²) in [6.45, 7) is 8.29. The average molecular weight is 401 g/mol. The van der Waals surface area contributed by atoms with E-state index in [4.69, 9.17) is 0 Å². The number of hydrogen-bond acceptors (Lipinski definition) is 1. The van der Waals surface area contributed by atoms with Crippen LogP contribution in [0.2, 0.25) is 0 Å². The first-order valence-corrected chi connectivity index (χ1v) is 7.90. The van der Waals surface area contributed by atoms with E-state index in [0.717, 1.165) is 38.1 Å². The van der Waals surface area contributed by atoms with Crippen molar-refractivity contribution in [3.63, 3.8) is 0 Å². The molecule has 1 N–H and O–H groups in total. The third-order valence-electron chi connectivity index (χ3n) is 3.92. The van der Waals surface area contributed by atoms with Gasteiger partial charge in [0, 0.05) is 26.2 Å². The highest BCUT2D eigenvalue weighted by atomic mass is 127. The van der Waals surface area contributed by atoms with Crippen molar-refractivity contribution in [2.24, 2.45) is 10.9 Å². The van der Waals surface area contributed by atoms with Gasteiger partial charge in [-0.15, -0.1) is 24.0 Å². The Bertz CT molecular complexity index is 411. The Kier molecular flexibility index (Phi) is 8.73. The van der Waals surface area contributed by atoms with Gasteiger partial charge in [-0.3, -0.25) is 4.99 Å². The van der Waals surface area contributed by atoms with E-state index in [-0.39, 0.29) is 24.0 Å². The first kappa shape index (κ1) is 18.3. The zero-order valence-electron chi connectivity index (χ0n) is 13.2. The third-order valence-corrected chi connectivity index (χ3v) is 3.92. The standard InChI is InChI=1S/C17H27N3.HI/c1-3-18-17(19-4-2)20-12-10-16(11-13-20)14-15-8-6-5-7-9-15;/h5-9,16H,3-4,10-14H2,1-2H3,(H,18,19);1H. The van der Waals surface area contributed by atoms with E-state index in [1.54, 1.807) is 0 Å². The Morgan fingerprint density at radius 2 is 1.86 bits per heavy atom. The number of nitrogens with zero attached hydrogens (tertiary/aromatic N) is 2. The third kappa shape index (κ3) is 5.85. The number of likely N-dealkylation sites (tertiary alicyclic amines) is 1. The Labute approximate surface area is 146 Å². The van der Waals surface area contributed by atoms with Crippen LogP contribution in [0.1, 0.15) is 32.3 Å². The molecule has 1 aliphatic rings. The van der Waals surface area contributed by atoms with Crippen LogP contribution in [0.15, 0.2) is 35.3 Å².